The van der Waals surface area contributed by atoms with E-state index in [4.69, 9.17) is 0 Å². The molecular formula is C36H35F3N4O6. The number of rotatable bonds is 14. The molecule has 1 aromatic heterocycles. The number of hydrogen-bond acceptors (Lipinski definition) is 8. The summed E-state index contributed by atoms with van der Waals surface area (Å²) in [6, 6.07) is 24.3. The summed E-state index contributed by atoms with van der Waals surface area (Å²) in [5.41, 5.74) is 2.15. The average Bonchev–Trinajstić information content (AvgIpc) is 3.09. The van der Waals surface area contributed by atoms with Crippen molar-refractivity contribution < 1.29 is 42.2 Å². The minimum Gasteiger partial charge on any atom is -0.508 e. The summed E-state index contributed by atoms with van der Waals surface area (Å²) in [5.74, 6) is -4.75. The summed E-state index contributed by atoms with van der Waals surface area (Å²) >= 11 is 0. The molecule has 49 heavy (non-hydrogen) atoms. The number of phenolic OH excluding ortho intramolecular Hbond substituents is 1. The predicted octanol–water partition coefficient (Wildman–Crippen LogP) is 6.34. The molecule has 0 radical (unpaired) electrons. The summed E-state index contributed by atoms with van der Waals surface area (Å²) in [6.45, 7) is 2.02. The van der Waals surface area contributed by atoms with Crippen LogP contribution in [0.3, 0.4) is 0 Å². The van der Waals surface area contributed by atoms with E-state index in [0.29, 0.717) is 30.8 Å². The van der Waals surface area contributed by atoms with Crippen molar-refractivity contribution in [3.63, 3.8) is 0 Å². The van der Waals surface area contributed by atoms with E-state index in [9.17, 15) is 37.5 Å². The SMILES string of the molecule is C[C@@H](NC(=O)CCCCNc1ccccn1)C(=O)N(c1ccc(O)cc1)C(CC(=O)OC(=O)C(F)(F)F)c1ccc(-c2ccccc2)cc1. The minimum absolute atomic E-state index is 0.108. The number of carbonyl (C=O) groups is 4. The molecule has 3 N–H and O–H groups in total. The van der Waals surface area contributed by atoms with Gasteiger partial charge < -0.3 is 25.4 Å². The molecule has 4 rings (SSSR count). The number of benzene rings is 3. The molecule has 1 heterocycles. The van der Waals surface area contributed by atoms with E-state index < -0.39 is 48.4 Å². The summed E-state index contributed by atoms with van der Waals surface area (Å²) in [5, 5.41) is 15.7. The van der Waals surface area contributed by atoms with Crippen LogP contribution in [0.15, 0.2) is 103 Å². The fourth-order valence-corrected chi connectivity index (χ4v) is 5.00. The Kier molecular flexibility index (Phi) is 12.5. The van der Waals surface area contributed by atoms with E-state index in [1.807, 2.05) is 42.5 Å². The molecule has 0 aliphatic carbocycles. The smallest absolute Gasteiger partial charge is 0.491 e. The number of nitrogens with one attached hydrogen (secondary N) is 2. The van der Waals surface area contributed by atoms with Crippen molar-refractivity contribution in [1.82, 2.24) is 10.3 Å². The molecule has 0 saturated heterocycles. The normalized spacial score (nSPS) is 12.3. The molecule has 0 bridgehead atoms. The maximum absolute atomic E-state index is 14.1. The lowest BCUT2D eigenvalue weighted by Crippen LogP contribution is -2.49. The number of phenols is 1. The van der Waals surface area contributed by atoms with Gasteiger partial charge >= 0.3 is 18.1 Å². The second kappa shape index (κ2) is 16.9. The highest BCUT2D eigenvalue weighted by Crippen LogP contribution is 2.34. The topological polar surface area (TPSA) is 138 Å². The Labute approximate surface area is 280 Å². The van der Waals surface area contributed by atoms with Gasteiger partial charge in [-0.3, -0.25) is 14.4 Å². The zero-order valence-electron chi connectivity index (χ0n) is 26.5. The Morgan fingerprint density at radius 3 is 2.14 bits per heavy atom. The summed E-state index contributed by atoms with van der Waals surface area (Å²) < 4.78 is 42.9. The van der Waals surface area contributed by atoms with E-state index in [0.717, 1.165) is 16.0 Å². The van der Waals surface area contributed by atoms with Crippen LogP contribution in [0, 0.1) is 0 Å². The Bertz CT molecular complexity index is 1700. The molecule has 0 saturated carbocycles. The first-order valence-electron chi connectivity index (χ1n) is 15.5. The first-order valence-corrected chi connectivity index (χ1v) is 15.5. The Morgan fingerprint density at radius 2 is 1.51 bits per heavy atom. The third-order valence-electron chi connectivity index (χ3n) is 7.43. The molecule has 0 aliphatic rings. The van der Waals surface area contributed by atoms with E-state index in [1.165, 1.54) is 31.2 Å². The number of anilines is 2. The van der Waals surface area contributed by atoms with Gasteiger partial charge in [-0.1, -0.05) is 60.7 Å². The van der Waals surface area contributed by atoms with Crippen molar-refractivity contribution in [3.8, 4) is 16.9 Å². The number of aromatic hydroxyl groups is 1. The number of nitrogens with zero attached hydrogens (tertiary/aromatic N) is 2. The zero-order valence-corrected chi connectivity index (χ0v) is 26.5. The predicted molar refractivity (Wildman–Crippen MR) is 176 cm³/mol. The van der Waals surface area contributed by atoms with Crippen molar-refractivity contribution in [2.45, 2.75) is 50.9 Å². The van der Waals surface area contributed by atoms with Crippen LogP contribution in [0.25, 0.3) is 11.1 Å². The minimum atomic E-state index is -5.41. The van der Waals surface area contributed by atoms with Crippen molar-refractivity contribution in [2.24, 2.45) is 0 Å². The number of alkyl halides is 3. The number of ether oxygens (including phenoxy) is 1. The third-order valence-corrected chi connectivity index (χ3v) is 7.43. The van der Waals surface area contributed by atoms with Gasteiger partial charge in [0.25, 0.3) is 0 Å². The molecule has 4 aromatic rings. The highest BCUT2D eigenvalue weighted by atomic mass is 19.4. The Balaban J connectivity index is 1.57. The molecule has 3 aromatic carbocycles. The standard InChI is InChI=1S/C36H35F3N4O6/c1-24(42-32(45)12-6-8-22-41-31-11-5-7-21-40-31)34(47)43(28-17-19-29(44)20-18-28)30(23-33(46)49-35(48)36(37,38)39)27-15-13-26(14-16-27)25-9-3-2-4-10-25/h2-5,7,9-11,13-21,24,30,44H,6,8,12,22-23H2,1H3,(H,40,41)(H,42,45)/t24-,30?/m1/s1. The number of hydrogen-bond donors (Lipinski definition) is 3. The van der Waals surface area contributed by atoms with Gasteiger partial charge in [-0.25, -0.2) is 9.78 Å². The highest BCUT2D eigenvalue weighted by Gasteiger charge is 2.43. The highest BCUT2D eigenvalue weighted by molar-refractivity contribution is 6.00. The van der Waals surface area contributed by atoms with E-state index in [2.05, 4.69) is 20.4 Å². The molecule has 0 fully saturated rings. The number of aromatic nitrogens is 1. The van der Waals surface area contributed by atoms with Crippen LogP contribution < -0.4 is 15.5 Å². The lowest BCUT2D eigenvalue weighted by atomic mass is 9.96. The van der Waals surface area contributed by atoms with Crippen LogP contribution >= 0.6 is 0 Å². The zero-order chi connectivity index (χ0) is 35.4. The van der Waals surface area contributed by atoms with Crippen LogP contribution in [0.5, 0.6) is 5.75 Å². The maximum Gasteiger partial charge on any atom is 0.491 e. The van der Waals surface area contributed by atoms with Gasteiger partial charge in [-0.15, -0.1) is 0 Å². The van der Waals surface area contributed by atoms with Gasteiger partial charge in [0.2, 0.25) is 11.8 Å². The first-order chi connectivity index (χ1) is 23.4. The molecule has 2 amide bonds. The lowest BCUT2D eigenvalue weighted by Gasteiger charge is -2.34. The van der Waals surface area contributed by atoms with Crippen molar-refractivity contribution in [3.05, 3.63) is 109 Å². The largest absolute Gasteiger partial charge is 0.508 e. The summed E-state index contributed by atoms with van der Waals surface area (Å²) in [6.07, 6.45) is -3.34. The molecule has 1 unspecified atom stereocenters. The summed E-state index contributed by atoms with van der Waals surface area (Å²) in [7, 11) is 0. The summed E-state index contributed by atoms with van der Waals surface area (Å²) in [4.78, 5) is 56.5. The van der Waals surface area contributed by atoms with Gasteiger partial charge in [0, 0.05) is 24.8 Å². The van der Waals surface area contributed by atoms with Crippen LogP contribution in [-0.2, 0) is 23.9 Å². The molecular weight excluding hydrogens is 641 g/mol. The van der Waals surface area contributed by atoms with Crippen LogP contribution in [0.1, 0.15) is 44.2 Å². The van der Waals surface area contributed by atoms with Crippen molar-refractivity contribution >= 4 is 35.3 Å². The van der Waals surface area contributed by atoms with Gasteiger partial charge in [-0.05, 0) is 72.9 Å². The number of carbonyl (C=O) groups excluding carboxylic acids is 4. The molecule has 256 valence electrons. The Hall–Kier alpha value is -5.72. The second-order valence-electron chi connectivity index (χ2n) is 11.1. The molecule has 0 spiro atoms. The van der Waals surface area contributed by atoms with Gasteiger partial charge in [0.1, 0.15) is 17.6 Å². The number of pyridine rings is 1. The molecule has 10 nitrogen and oxygen atoms in total. The lowest BCUT2D eigenvalue weighted by molar-refractivity contribution is -0.202. The molecule has 13 heteroatoms. The van der Waals surface area contributed by atoms with Crippen LogP contribution in [-0.4, -0.2) is 52.6 Å². The monoisotopic (exact) mass is 676 g/mol. The van der Waals surface area contributed by atoms with Crippen LogP contribution in [0.2, 0.25) is 0 Å². The quantitative estimate of drug-likeness (QED) is 0.0800. The molecule has 2 atom stereocenters. The molecule has 0 aliphatic heterocycles. The number of esters is 2. The van der Waals surface area contributed by atoms with Gasteiger partial charge in [0.05, 0.1) is 12.5 Å². The number of amides is 2. The Morgan fingerprint density at radius 1 is 0.857 bits per heavy atom. The van der Waals surface area contributed by atoms with Crippen molar-refractivity contribution in [2.75, 3.05) is 16.8 Å². The average molecular weight is 677 g/mol. The van der Waals surface area contributed by atoms with Crippen LogP contribution in [0.4, 0.5) is 24.7 Å². The number of unbranched alkanes of at least 4 members (excludes halogenated alkanes) is 1. The van der Waals surface area contributed by atoms with E-state index >= 15 is 0 Å². The first kappa shape index (κ1) is 36.1. The number of halogens is 3. The fourth-order valence-electron chi connectivity index (χ4n) is 5.00. The third kappa shape index (κ3) is 10.6. The fraction of sp³-hybridized carbons (Fsp3) is 0.250. The van der Waals surface area contributed by atoms with Gasteiger partial charge in [0.15, 0.2) is 0 Å². The van der Waals surface area contributed by atoms with E-state index in [-0.39, 0.29) is 17.9 Å². The second-order valence-corrected chi connectivity index (χ2v) is 11.1. The van der Waals surface area contributed by atoms with Crippen molar-refractivity contribution in [1.29, 1.82) is 0 Å². The maximum atomic E-state index is 14.1. The van der Waals surface area contributed by atoms with E-state index in [1.54, 1.807) is 36.5 Å². The van der Waals surface area contributed by atoms with Gasteiger partial charge in [-0.2, -0.15) is 13.2 Å².